The van der Waals surface area contributed by atoms with Crippen molar-refractivity contribution in [3.05, 3.63) is 24.2 Å². The number of ether oxygens (including phenoxy) is 1. The number of nitrogens with zero attached hydrogens (tertiary/aromatic N) is 1. The van der Waals surface area contributed by atoms with Gasteiger partial charge in [-0.2, -0.15) is 0 Å². The van der Waals surface area contributed by atoms with E-state index in [0.717, 1.165) is 6.42 Å². The van der Waals surface area contributed by atoms with Crippen LogP contribution in [0.25, 0.3) is 0 Å². The molecule has 5 nitrogen and oxygen atoms in total. The molecule has 0 spiro atoms. The molecule has 0 bridgehead atoms. The Morgan fingerprint density at radius 2 is 2.16 bits per heavy atom. The Morgan fingerprint density at radius 1 is 1.42 bits per heavy atom. The quantitative estimate of drug-likeness (QED) is 0.712. The SMILES string of the molecule is CCOC(=O)CCN(C(=O)c1ccco1)C(C)CC. The summed E-state index contributed by atoms with van der Waals surface area (Å²) in [6, 6.07) is 3.35. The van der Waals surface area contributed by atoms with E-state index in [1.807, 2.05) is 13.8 Å². The van der Waals surface area contributed by atoms with E-state index in [1.54, 1.807) is 24.0 Å². The number of furan rings is 1. The molecule has 0 aromatic carbocycles. The maximum absolute atomic E-state index is 12.3. The van der Waals surface area contributed by atoms with Gasteiger partial charge in [-0.3, -0.25) is 9.59 Å². The molecule has 19 heavy (non-hydrogen) atoms. The molecular formula is C14H21NO4. The molecule has 1 unspecified atom stereocenters. The van der Waals surface area contributed by atoms with Gasteiger partial charge in [0, 0.05) is 12.6 Å². The Labute approximate surface area is 113 Å². The summed E-state index contributed by atoms with van der Waals surface area (Å²) in [5, 5.41) is 0. The maximum Gasteiger partial charge on any atom is 0.307 e. The molecule has 1 rings (SSSR count). The Morgan fingerprint density at radius 3 is 2.68 bits per heavy atom. The first-order valence-corrected chi connectivity index (χ1v) is 6.60. The normalized spacial score (nSPS) is 11.9. The lowest BCUT2D eigenvalue weighted by molar-refractivity contribution is -0.143. The van der Waals surface area contributed by atoms with Gasteiger partial charge in [-0.05, 0) is 32.4 Å². The third kappa shape index (κ3) is 4.43. The van der Waals surface area contributed by atoms with Crippen molar-refractivity contribution < 1.29 is 18.7 Å². The van der Waals surface area contributed by atoms with Crippen LogP contribution in [-0.4, -0.2) is 36.0 Å². The third-order valence-corrected chi connectivity index (χ3v) is 2.98. The smallest absolute Gasteiger partial charge is 0.307 e. The fraction of sp³-hybridized carbons (Fsp3) is 0.571. The van der Waals surface area contributed by atoms with Gasteiger partial charge >= 0.3 is 5.97 Å². The highest BCUT2D eigenvalue weighted by atomic mass is 16.5. The summed E-state index contributed by atoms with van der Waals surface area (Å²) in [5.74, 6) is -0.184. The second-order valence-corrected chi connectivity index (χ2v) is 4.29. The van der Waals surface area contributed by atoms with Crippen molar-refractivity contribution in [1.82, 2.24) is 4.90 Å². The molecular weight excluding hydrogens is 246 g/mol. The second kappa shape index (κ2) is 7.61. The lowest BCUT2D eigenvalue weighted by Gasteiger charge is -2.27. The summed E-state index contributed by atoms with van der Waals surface area (Å²) >= 11 is 0. The van der Waals surface area contributed by atoms with Crippen molar-refractivity contribution in [2.24, 2.45) is 0 Å². The maximum atomic E-state index is 12.3. The minimum Gasteiger partial charge on any atom is -0.466 e. The molecule has 0 N–H and O–H groups in total. The van der Waals surface area contributed by atoms with Gasteiger partial charge in [0.15, 0.2) is 5.76 Å². The topological polar surface area (TPSA) is 59.8 Å². The zero-order valence-electron chi connectivity index (χ0n) is 11.7. The van der Waals surface area contributed by atoms with E-state index in [2.05, 4.69) is 0 Å². The molecule has 106 valence electrons. The van der Waals surface area contributed by atoms with Crippen LogP contribution >= 0.6 is 0 Å². The fourth-order valence-corrected chi connectivity index (χ4v) is 1.73. The standard InChI is InChI=1S/C14H21NO4/c1-4-11(3)15(9-8-13(16)18-5-2)14(17)12-7-6-10-19-12/h6-7,10-11H,4-5,8-9H2,1-3H3. The van der Waals surface area contributed by atoms with E-state index in [0.29, 0.717) is 18.9 Å². The van der Waals surface area contributed by atoms with Crippen molar-refractivity contribution >= 4 is 11.9 Å². The van der Waals surface area contributed by atoms with Gasteiger partial charge in [0.2, 0.25) is 0 Å². The molecule has 0 aliphatic rings. The zero-order valence-corrected chi connectivity index (χ0v) is 11.7. The molecule has 0 aliphatic carbocycles. The summed E-state index contributed by atoms with van der Waals surface area (Å²) in [7, 11) is 0. The molecule has 1 heterocycles. The highest BCUT2D eigenvalue weighted by molar-refractivity contribution is 5.91. The highest BCUT2D eigenvalue weighted by Crippen LogP contribution is 2.12. The molecule has 1 atom stereocenters. The van der Waals surface area contributed by atoms with Crippen molar-refractivity contribution in [3.63, 3.8) is 0 Å². The summed E-state index contributed by atoms with van der Waals surface area (Å²) in [6.45, 7) is 6.41. The van der Waals surface area contributed by atoms with Crippen LogP contribution in [0.4, 0.5) is 0 Å². The molecule has 5 heteroatoms. The van der Waals surface area contributed by atoms with Gasteiger partial charge in [-0.1, -0.05) is 6.92 Å². The van der Waals surface area contributed by atoms with Crippen LogP contribution in [0.3, 0.4) is 0 Å². The van der Waals surface area contributed by atoms with Gasteiger partial charge in [0.25, 0.3) is 5.91 Å². The summed E-state index contributed by atoms with van der Waals surface area (Å²) in [6.07, 6.45) is 2.48. The van der Waals surface area contributed by atoms with Crippen LogP contribution in [0.15, 0.2) is 22.8 Å². The zero-order chi connectivity index (χ0) is 14.3. The largest absolute Gasteiger partial charge is 0.466 e. The van der Waals surface area contributed by atoms with E-state index < -0.39 is 0 Å². The number of carbonyl (C=O) groups is 2. The molecule has 0 aliphatic heterocycles. The Hall–Kier alpha value is -1.78. The average molecular weight is 267 g/mol. The first-order valence-electron chi connectivity index (χ1n) is 6.60. The number of esters is 1. The molecule has 1 aromatic rings. The van der Waals surface area contributed by atoms with E-state index in [1.165, 1.54) is 6.26 Å². The van der Waals surface area contributed by atoms with Gasteiger partial charge in [0.05, 0.1) is 19.3 Å². The van der Waals surface area contributed by atoms with E-state index in [-0.39, 0.29) is 24.3 Å². The number of hydrogen-bond donors (Lipinski definition) is 0. The molecule has 0 fully saturated rings. The Bertz CT molecular complexity index is 400. The Balaban J connectivity index is 2.67. The number of rotatable bonds is 7. The van der Waals surface area contributed by atoms with E-state index in [9.17, 15) is 9.59 Å². The summed E-state index contributed by atoms with van der Waals surface area (Å²) < 4.78 is 9.99. The van der Waals surface area contributed by atoms with Crippen LogP contribution in [0.2, 0.25) is 0 Å². The van der Waals surface area contributed by atoms with Crippen molar-refractivity contribution in [3.8, 4) is 0 Å². The fourth-order valence-electron chi connectivity index (χ4n) is 1.73. The lowest BCUT2D eigenvalue weighted by Crippen LogP contribution is -2.39. The van der Waals surface area contributed by atoms with Gasteiger partial charge < -0.3 is 14.1 Å². The van der Waals surface area contributed by atoms with Gasteiger partial charge in [-0.15, -0.1) is 0 Å². The molecule has 0 radical (unpaired) electrons. The predicted octanol–water partition coefficient (Wildman–Crippen LogP) is 2.47. The van der Waals surface area contributed by atoms with Crippen LogP contribution in [0.5, 0.6) is 0 Å². The monoisotopic (exact) mass is 267 g/mol. The lowest BCUT2D eigenvalue weighted by atomic mass is 10.2. The third-order valence-electron chi connectivity index (χ3n) is 2.98. The molecule has 0 saturated heterocycles. The Kier molecular flexibility index (Phi) is 6.12. The van der Waals surface area contributed by atoms with Crippen molar-refractivity contribution in [2.45, 2.75) is 39.7 Å². The molecule has 1 aromatic heterocycles. The van der Waals surface area contributed by atoms with Crippen LogP contribution < -0.4 is 0 Å². The van der Waals surface area contributed by atoms with Crippen molar-refractivity contribution in [1.29, 1.82) is 0 Å². The van der Waals surface area contributed by atoms with Crippen LogP contribution in [0.1, 0.15) is 44.2 Å². The van der Waals surface area contributed by atoms with Crippen molar-refractivity contribution in [2.75, 3.05) is 13.2 Å². The first kappa shape index (κ1) is 15.3. The van der Waals surface area contributed by atoms with E-state index in [4.69, 9.17) is 9.15 Å². The highest BCUT2D eigenvalue weighted by Gasteiger charge is 2.23. The number of carbonyl (C=O) groups excluding carboxylic acids is 2. The number of amides is 1. The van der Waals surface area contributed by atoms with Gasteiger partial charge in [-0.25, -0.2) is 0 Å². The predicted molar refractivity (Wildman–Crippen MR) is 70.7 cm³/mol. The summed E-state index contributed by atoms with van der Waals surface area (Å²) in [5.41, 5.74) is 0. The van der Waals surface area contributed by atoms with E-state index >= 15 is 0 Å². The minimum absolute atomic E-state index is 0.0482. The summed E-state index contributed by atoms with van der Waals surface area (Å²) in [4.78, 5) is 25.3. The minimum atomic E-state index is -0.289. The van der Waals surface area contributed by atoms with Crippen LogP contribution in [0, 0.1) is 0 Å². The average Bonchev–Trinajstić information content (AvgIpc) is 2.92. The first-order chi connectivity index (χ1) is 9.10. The van der Waals surface area contributed by atoms with Crippen LogP contribution in [-0.2, 0) is 9.53 Å². The van der Waals surface area contributed by atoms with Gasteiger partial charge in [0.1, 0.15) is 0 Å². The number of hydrogen-bond acceptors (Lipinski definition) is 4. The second-order valence-electron chi connectivity index (χ2n) is 4.29. The molecule has 0 saturated carbocycles. The molecule has 1 amide bonds.